The predicted octanol–water partition coefficient (Wildman–Crippen LogP) is 2.71. The molecule has 2 rings (SSSR count). The zero-order valence-corrected chi connectivity index (χ0v) is 20.7. The van der Waals surface area contributed by atoms with Crippen LogP contribution in [0.4, 0.5) is 11.4 Å². The summed E-state index contributed by atoms with van der Waals surface area (Å²) >= 11 is 1.17. The standard InChI is InChI=1S/C24H28N6O4S/c1-15(23(33)29-25-13-19-5-9-21(10-6-19)27-17(3)31)35-16(2)24(34)30-26-14-20-7-11-22(12-8-20)28-18(4)32/h5-16H,1-4H3,(H,27,31)(H,28,32)(H,29,33)(H,30,34). The number of rotatable bonds is 10. The molecule has 0 aliphatic heterocycles. The normalized spacial score (nSPS) is 12.7. The molecule has 10 nitrogen and oxygen atoms in total. The molecule has 0 saturated heterocycles. The monoisotopic (exact) mass is 496 g/mol. The Kier molecular flexibility index (Phi) is 10.6. The Bertz CT molecular complexity index is 1010. The Morgan fingerprint density at radius 1 is 0.686 bits per heavy atom. The van der Waals surface area contributed by atoms with E-state index in [0.29, 0.717) is 11.4 Å². The minimum Gasteiger partial charge on any atom is -0.326 e. The van der Waals surface area contributed by atoms with Gasteiger partial charge in [0, 0.05) is 25.2 Å². The van der Waals surface area contributed by atoms with Gasteiger partial charge in [0.05, 0.1) is 22.9 Å². The quantitative estimate of drug-likeness (QED) is 0.296. The fraction of sp³-hybridized carbons (Fsp3) is 0.250. The molecule has 0 aliphatic rings. The van der Waals surface area contributed by atoms with Gasteiger partial charge in [-0.15, -0.1) is 11.8 Å². The molecule has 4 amide bonds. The summed E-state index contributed by atoms with van der Waals surface area (Å²) in [5.41, 5.74) is 7.74. The molecule has 0 aromatic heterocycles. The summed E-state index contributed by atoms with van der Waals surface area (Å²) in [6.45, 7) is 6.22. The van der Waals surface area contributed by atoms with E-state index < -0.39 is 10.5 Å². The number of thioether (sulfide) groups is 1. The molecule has 0 radical (unpaired) electrons. The van der Waals surface area contributed by atoms with Crippen LogP contribution < -0.4 is 21.5 Å². The van der Waals surface area contributed by atoms with Gasteiger partial charge in [-0.1, -0.05) is 24.3 Å². The zero-order valence-electron chi connectivity index (χ0n) is 19.9. The lowest BCUT2D eigenvalue weighted by atomic mass is 10.2. The Morgan fingerprint density at radius 2 is 1.03 bits per heavy atom. The van der Waals surface area contributed by atoms with Crippen molar-refractivity contribution < 1.29 is 19.2 Å². The first-order valence-electron chi connectivity index (χ1n) is 10.7. The molecule has 0 heterocycles. The third kappa shape index (κ3) is 10.2. The lowest BCUT2D eigenvalue weighted by Gasteiger charge is -2.14. The molecular weight excluding hydrogens is 468 g/mol. The molecule has 0 fully saturated rings. The van der Waals surface area contributed by atoms with Crippen LogP contribution in [0.15, 0.2) is 58.7 Å². The molecule has 184 valence electrons. The molecule has 35 heavy (non-hydrogen) atoms. The largest absolute Gasteiger partial charge is 0.326 e. The van der Waals surface area contributed by atoms with Gasteiger partial charge in [-0.2, -0.15) is 10.2 Å². The van der Waals surface area contributed by atoms with Crippen molar-refractivity contribution in [3.05, 3.63) is 59.7 Å². The smallest absolute Gasteiger partial charge is 0.252 e. The number of carbonyl (C=O) groups excluding carboxylic acids is 4. The third-order valence-electron chi connectivity index (χ3n) is 4.39. The van der Waals surface area contributed by atoms with E-state index >= 15 is 0 Å². The lowest BCUT2D eigenvalue weighted by molar-refractivity contribution is -0.120. The van der Waals surface area contributed by atoms with Gasteiger partial charge in [-0.25, -0.2) is 10.9 Å². The van der Waals surface area contributed by atoms with Crippen molar-refractivity contribution >= 4 is 59.2 Å². The molecule has 4 N–H and O–H groups in total. The molecule has 2 aromatic carbocycles. The summed E-state index contributed by atoms with van der Waals surface area (Å²) in [5, 5.41) is 12.2. The summed E-state index contributed by atoms with van der Waals surface area (Å²) in [6.07, 6.45) is 2.97. The van der Waals surface area contributed by atoms with Crippen LogP contribution in [0.2, 0.25) is 0 Å². The Morgan fingerprint density at radius 3 is 1.34 bits per heavy atom. The van der Waals surface area contributed by atoms with Crippen molar-refractivity contribution in [2.45, 2.75) is 38.2 Å². The molecule has 2 unspecified atom stereocenters. The minimum absolute atomic E-state index is 0.158. The van der Waals surface area contributed by atoms with Gasteiger partial charge >= 0.3 is 0 Å². The van der Waals surface area contributed by atoms with Crippen molar-refractivity contribution in [3.63, 3.8) is 0 Å². The fourth-order valence-electron chi connectivity index (χ4n) is 2.66. The second-order valence-electron chi connectivity index (χ2n) is 7.50. The van der Waals surface area contributed by atoms with Crippen LogP contribution >= 0.6 is 11.8 Å². The van der Waals surface area contributed by atoms with Gasteiger partial charge in [0.15, 0.2) is 0 Å². The minimum atomic E-state index is -0.527. The topological polar surface area (TPSA) is 141 Å². The van der Waals surface area contributed by atoms with E-state index in [1.165, 1.54) is 38.0 Å². The molecule has 0 aliphatic carbocycles. The maximum absolute atomic E-state index is 12.3. The van der Waals surface area contributed by atoms with Crippen LogP contribution in [-0.2, 0) is 19.2 Å². The van der Waals surface area contributed by atoms with E-state index in [-0.39, 0.29) is 23.6 Å². The average molecular weight is 497 g/mol. The summed E-state index contributed by atoms with van der Waals surface area (Å²) < 4.78 is 0. The average Bonchev–Trinajstić information content (AvgIpc) is 2.80. The van der Waals surface area contributed by atoms with Crippen LogP contribution in [0.25, 0.3) is 0 Å². The second kappa shape index (κ2) is 13.7. The van der Waals surface area contributed by atoms with Crippen molar-refractivity contribution in [2.24, 2.45) is 10.2 Å². The molecule has 2 atom stereocenters. The fourth-order valence-corrected chi connectivity index (χ4v) is 3.63. The van der Waals surface area contributed by atoms with Crippen molar-refractivity contribution in [1.82, 2.24) is 10.9 Å². The number of amides is 4. The number of anilines is 2. The number of hydrogen-bond donors (Lipinski definition) is 4. The maximum atomic E-state index is 12.3. The number of hydrogen-bond acceptors (Lipinski definition) is 7. The summed E-state index contributed by atoms with van der Waals surface area (Å²) in [5.74, 6) is -1.00. The van der Waals surface area contributed by atoms with Gasteiger partial charge < -0.3 is 10.6 Å². The number of hydrazone groups is 2. The van der Waals surface area contributed by atoms with Crippen molar-refractivity contribution in [2.75, 3.05) is 10.6 Å². The predicted molar refractivity (Wildman–Crippen MR) is 139 cm³/mol. The number of nitrogens with zero attached hydrogens (tertiary/aromatic N) is 2. The Balaban J connectivity index is 1.76. The summed E-state index contributed by atoms with van der Waals surface area (Å²) in [7, 11) is 0. The first kappa shape index (κ1) is 27.3. The maximum Gasteiger partial charge on any atom is 0.252 e. The van der Waals surface area contributed by atoms with E-state index in [2.05, 4.69) is 31.7 Å². The first-order valence-corrected chi connectivity index (χ1v) is 11.6. The Labute approximate surface area is 208 Å². The van der Waals surface area contributed by atoms with E-state index in [4.69, 9.17) is 0 Å². The lowest BCUT2D eigenvalue weighted by Crippen LogP contribution is -2.33. The van der Waals surface area contributed by atoms with Gasteiger partial charge in [0.1, 0.15) is 0 Å². The van der Waals surface area contributed by atoms with Gasteiger partial charge in [0.25, 0.3) is 11.8 Å². The summed E-state index contributed by atoms with van der Waals surface area (Å²) in [4.78, 5) is 46.7. The third-order valence-corrected chi connectivity index (χ3v) is 5.63. The highest BCUT2D eigenvalue weighted by Gasteiger charge is 2.21. The van der Waals surface area contributed by atoms with E-state index in [1.807, 2.05) is 0 Å². The van der Waals surface area contributed by atoms with E-state index in [9.17, 15) is 19.2 Å². The summed E-state index contributed by atoms with van der Waals surface area (Å²) in [6, 6.07) is 13.9. The molecule has 0 saturated carbocycles. The van der Waals surface area contributed by atoms with Crippen LogP contribution in [0, 0.1) is 0 Å². The van der Waals surface area contributed by atoms with Crippen molar-refractivity contribution in [3.8, 4) is 0 Å². The van der Waals surface area contributed by atoms with Gasteiger partial charge in [-0.3, -0.25) is 19.2 Å². The Hall–Kier alpha value is -3.99. The van der Waals surface area contributed by atoms with Crippen LogP contribution in [-0.4, -0.2) is 46.6 Å². The second-order valence-corrected chi connectivity index (χ2v) is 9.18. The van der Waals surface area contributed by atoms with E-state index in [1.54, 1.807) is 62.4 Å². The number of nitrogens with one attached hydrogen (secondary N) is 4. The molecular formula is C24H28N6O4S. The highest BCUT2D eigenvalue weighted by atomic mass is 32.2. The van der Waals surface area contributed by atoms with Crippen LogP contribution in [0.3, 0.4) is 0 Å². The van der Waals surface area contributed by atoms with Gasteiger partial charge in [0.2, 0.25) is 11.8 Å². The highest BCUT2D eigenvalue weighted by molar-refractivity contribution is 8.01. The van der Waals surface area contributed by atoms with E-state index in [0.717, 1.165) is 11.1 Å². The van der Waals surface area contributed by atoms with Crippen LogP contribution in [0.1, 0.15) is 38.8 Å². The van der Waals surface area contributed by atoms with Gasteiger partial charge in [-0.05, 0) is 49.2 Å². The van der Waals surface area contributed by atoms with Crippen LogP contribution in [0.5, 0.6) is 0 Å². The highest BCUT2D eigenvalue weighted by Crippen LogP contribution is 2.18. The first-order chi connectivity index (χ1) is 16.6. The molecule has 0 bridgehead atoms. The SMILES string of the molecule is CC(=O)Nc1ccc(C=NNC(=O)C(C)SC(C)C(=O)NN=Cc2ccc(NC(C)=O)cc2)cc1. The molecule has 0 spiro atoms. The zero-order chi connectivity index (χ0) is 25.8. The number of carbonyl (C=O) groups is 4. The molecule has 11 heteroatoms. The molecule has 2 aromatic rings. The number of benzene rings is 2. The van der Waals surface area contributed by atoms with Crippen molar-refractivity contribution in [1.29, 1.82) is 0 Å².